The molecule has 1 aromatic rings. The summed E-state index contributed by atoms with van der Waals surface area (Å²) in [7, 11) is 5.18. The van der Waals surface area contributed by atoms with Crippen LogP contribution in [0, 0.1) is 22.7 Å². The molecule has 0 saturated heterocycles. The molecule has 68 heavy (non-hydrogen) atoms. The lowest BCUT2D eigenvalue weighted by molar-refractivity contribution is -0.142. The second kappa shape index (κ2) is 35.6. The van der Waals surface area contributed by atoms with Gasteiger partial charge >= 0.3 is 0 Å². The van der Waals surface area contributed by atoms with E-state index >= 15 is 0 Å². The van der Waals surface area contributed by atoms with Crippen LogP contribution in [0.4, 0.5) is 0 Å². The molecule has 0 radical (unpaired) electrons. The predicted octanol–water partition coefficient (Wildman–Crippen LogP) is 12.7. The van der Waals surface area contributed by atoms with Crippen LogP contribution in [0.1, 0.15) is 197 Å². The van der Waals surface area contributed by atoms with Crippen molar-refractivity contribution in [2.45, 2.75) is 230 Å². The van der Waals surface area contributed by atoms with Gasteiger partial charge in [-0.3, -0.25) is 33.7 Å². The number of imide groups is 1. The Balaban J connectivity index is -0.000000354. The third-order valence-corrected chi connectivity index (χ3v) is 11.0. The summed E-state index contributed by atoms with van der Waals surface area (Å²) in [6.07, 6.45) is 15.9. The zero-order valence-corrected chi connectivity index (χ0v) is 48.6. The van der Waals surface area contributed by atoms with E-state index in [9.17, 15) is 24.0 Å². The summed E-state index contributed by atoms with van der Waals surface area (Å²) in [5.74, 6) is 10.7. The smallest absolute Gasteiger partial charge is 0.254 e. The quantitative estimate of drug-likeness (QED) is 0.121. The molecule has 392 valence electrons. The van der Waals surface area contributed by atoms with Crippen molar-refractivity contribution in [2.75, 3.05) is 13.7 Å². The molecule has 1 unspecified atom stereocenters. The minimum atomic E-state index is -0.405. The number of aromatic nitrogens is 1. The standard InChI is InChI=1S/C9H15NO2.C9H13NS2.C8H11NO2.C8H12.C7H14O.C6H14N2O2.C5H12.C2H6/c1-9(2,3)10-7(11)5-6-8(10)12-4;1-9(2,3)12-11-8-6-4-5-7-10-8;1-8(2,3)9-6(10)4-5-7(9)11;1-2-4-6-8-7-5-3-1;1-5-6(8)7(2,3)4;1-6(2,3)8-5(9)4-10-7;1-5(2,3)4;1-2/h5-6,8H,1-4H3;4-7H,1-3H3;4-5H,1-3H3;1-6H2;5H2,1-4H3;4,7H2,1-3H3,(H,8,9);1-4H3;1-2H3. The number of Topliss-reactive ketones (excluding diaryl/α,β-unsaturated/α-hetero) is 1. The largest absolute Gasteiger partial charge is 0.358 e. The Morgan fingerprint density at radius 2 is 1.22 bits per heavy atom. The van der Waals surface area contributed by atoms with Gasteiger partial charge < -0.3 is 15.0 Å². The number of ether oxygens (including phenoxy) is 1. The second-order valence-corrected chi connectivity index (χ2v) is 25.2. The lowest BCUT2D eigenvalue weighted by Crippen LogP contribution is -2.48. The first-order valence-corrected chi connectivity index (χ1v) is 26.0. The van der Waals surface area contributed by atoms with E-state index in [2.05, 4.69) is 81.3 Å². The number of amides is 4. The van der Waals surface area contributed by atoms with Gasteiger partial charge in [0.05, 0.1) is 0 Å². The summed E-state index contributed by atoms with van der Waals surface area (Å²) >= 11 is 0. The van der Waals surface area contributed by atoms with Gasteiger partial charge in [0.15, 0.2) is 6.23 Å². The molecule has 0 fully saturated rings. The van der Waals surface area contributed by atoms with Crippen LogP contribution in [0.25, 0.3) is 0 Å². The van der Waals surface area contributed by atoms with E-state index < -0.39 is 5.54 Å². The Bertz CT molecular complexity index is 1660. The van der Waals surface area contributed by atoms with Crippen LogP contribution in [0.5, 0.6) is 0 Å². The van der Waals surface area contributed by atoms with Gasteiger partial charge in [0.1, 0.15) is 17.4 Å². The maximum atomic E-state index is 11.3. The highest BCUT2D eigenvalue weighted by molar-refractivity contribution is 8.77. The lowest BCUT2D eigenvalue weighted by atomic mass is 9.90. The van der Waals surface area contributed by atoms with Crippen molar-refractivity contribution in [3.05, 3.63) is 48.7 Å². The van der Waals surface area contributed by atoms with E-state index in [-0.39, 0.29) is 53.0 Å². The van der Waals surface area contributed by atoms with Gasteiger partial charge in [0, 0.05) is 77.6 Å². The zero-order valence-electron chi connectivity index (χ0n) is 46.9. The van der Waals surface area contributed by atoms with E-state index in [4.69, 9.17) is 4.74 Å². The molecule has 12 nitrogen and oxygen atoms in total. The van der Waals surface area contributed by atoms with Crippen molar-refractivity contribution in [3.8, 4) is 11.8 Å². The molecule has 1 aliphatic carbocycles. The molecule has 0 aromatic carbocycles. The van der Waals surface area contributed by atoms with Gasteiger partial charge in [-0.25, -0.2) is 10.9 Å². The maximum Gasteiger partial charge on any atom is 0.254 e. The summed E-state index contributed by atoms with van der Waals surface area (Å²) in [5.41, 5.74) is -0.427. The number of nitrogens with one attached hydrogen (secondary N) is 1. The van der Waals surface area contributed by atoms with E-state index in [0.29, 0.717) is 22.4 Å². The summed E-state index contributed by atoms with van der Waals surface area (Å²) in [6.45, 7) is 44.1. The highest BCUT2D eigenvalue weighted by atomic mass is 33.1. The summed E-state index contributed by atoms with van der Waals surface area (Å²) < 4.78 is 5.43. The zero-order chi connectivity index (χ0) is 54.2. The van der Waals surface area contributed by atoms with Gasteiger partial charge in [-0.15, -0.1) is 11.8 Å². The number of nitrogens with two attached hydrogens (primary N) is 1. The Kier molecular flexibility index (Phi) is 37.2. The number of ketones is 1. The van der Waals surface area contributed by atoms with Crippen molar-refractivity contribution in [3.63, 3.8) is 0 Å². The number of nitrogens with zero attached hydrogens (tertiary/aromatic N) is 3. The molecule has 1 atom stereocenters. The SMILES string of the molecule is C1#CCCCCCC1.CC.CC(C)(C)C.CC(C)(C)N1C(=O)C=CC1=O.CC(C)(C)NC(=O)CON.CC(C)(C)SSc1ccccn1.CCC(=O)C(C)(C)C.COC1C=CC(=O)N1C(C)(C)C. The first kappa shape index (κ1) is 71.1. The molecular weight excluding hydrogens is 895 g/mol. The molecular formula is C54H97N5O7S2. The van der Waals surface area contributed by atoms with Gasteiger partial charge in [-0.05, 0) is 110 Å². The first-order valence-electron chi connectivity index (χ1n) is 23.9. The number of pyridine rings is 1. The summed E-state index contributed by atoms with van der Waals surface area (Å²) in [4.78, 5) is 66.3. The minimum Gasteiger partial charge on any atom is -0.358 e. The highest BCUT2D eigenvalue weighted by Crippen LogP contribution is 2.39. The summed E-state index contributed by atoms with van der Waals surface area (Å²) in [6, 6.07) is 5.98. The fourth-order valence-corrected chi connectivity index (χ4v) is 6.87. The fraction of sp³-hybridized carbons (Fsp3) is 0.704. The Labute approximate surface area is 423 Å². The molecule has 3 aliphatic rings. The van der Waals surface area contributed by atoms with Crippen LogP contribution < -0.4 is 11.2 Å². The van der Waals surface area contributed by atoms with Gasteiger partial charge in [0.2, 0.25) is 11.8 Å². The Morgan fingerprint density at radius 1 is 0.750 bits per heavy atom. The van der Waals surface area contributed by atoms with Crippen molar-refractivity contribution in [1.82, 2.24) is 20.1 Å². The summed E-state index contributed by atoms with van der Waals surface area (Å²) in [5, 5.41) is 3.76. The van der Waals surface area contributed by atoms with E-state index in [0.717, 1.165) is 17.9 Å². The van der Waals surface area contributed by atoms with Crippen molar-refractivity contribution in [2.24, 2.45) is 16.7 Å². The van der Waals surface area contributed by atoms with Crippen molar-refractivity contribution in [1.29, 1.82) is 0 Å². The second-order valence-electron chi connectivity index (χ2n) is 22.2. The molecule has 4 rings (SSSR count). The van der Waals surface area contributed by atoms with Crippen LogP contribution in [0.2, 0.25) is 0 Å². The van der Waals surface area contributed by atoms with Crippen LogP contribution in [-0.4, -0.2) is 85.5 Å². The average Bonchev–Trinajstić information content (AvgIpc) is 3.74. The molecule has 0 bridgehead atoms. The topological polar surface area (TPSA) is 161 Å². The van der Waals surface area contributed by atoms with Gasteiger partial charge in [-0.2, -0.15) is 0 Å². The van der Waals surface area contributed by atoms with Gasteiger partial charge in [0.25, 0.3) is 11.8 Å². The number of rotatable bonds is 6. The third-order valence-electron chi connectivity index (χ3n) is 7.72. The third kappa shape index (κ3) is 42.6. The number of carbonyl (C=O) groups excluding carboxylic acids is 5. The first-order chi connectivity index (χ1) is 30.9. The molecule has 3 heterocycles. The van der Waals surface area contributed by atoms with E-state index in [1.165, 1.54) is 42.7 Å². The maximum absolute atomic E-state index is 11.3. The van der Waals surface area contributed by atoms with E-state index in [1.54, 1.807) is 35.0 Å². The number of hydrogen-bond donors (Lipinski definition) is 2. The highest BCUT2D eigenvalue weighted by Gasteiger charge is 2.35. The van der Waals surface area contributed by atoms with Gasteiger partial charge in [-0.1, -0.05) is 120 Å². The average molecular weight is 993 g/mol. The van der Waals surface area contributed by atoms with E-state index in [1.807, 2.05) is 139 Å². The van der Waals surface area contributed by atoms with Crippen molar-refractivity contribution >= 4 is 51.0 Å². The lowest BCUT2D eigenvalue weighted by Gasteiger charge is -2.36. The normalized spacial score (nSPS) is 15.5. The minimum absolute atomic E-state index is 0.0225. The van der Waals surface area contributed by atoms with Crippen LogP contribution >= 0.6 is 21.6 Å². The number of carbonyl (C=O) groups is 5. The molecule has 14 heteroatoms. The Hall–Kier alpha value is -3.48. The number of hydrogen-bond acceptors (Lipinski definition) is 11. The Morgan fingerprint density at radius 3 is 1.50 bits per heavy atom. The molecule has 3 N–H and O–H groups in total. The molecule has 2 aliphatic heterocycles. The van der Waals surface area contributed by atoms with Crippen molar-refractivity contribution < 1.29 is 33.5 Å². The molecule has 1 aromatic heterocycles. The van der Waals surface area contributed by atoms with Crippen LogP contribution in [0.3, 0.4) is 0 Å². The van der Waals surface area contributed by atoms with Crippen LogP contribution in [0.15, 0.2) is 53.7 Å². The van der Waals surface area contributed by atoms with Crippen LogP contribution in [-0.2, 0) is 33.5 Å². The molecule has 0 spiro atoms. The monoisotopic (exact) mass is 992 g/mol. The predicted molar refractivity (Wildman–Crippen MR) is 289 cm³/mol. The number of methoxy groups -OCH3 is 1. The fourth-order valence-electron chi connectivity index (χ4n) is 5.00. The molecule has 0 saturated carbocycles. The molecule has 4 amide bonds.